The van der Waals surface area contributed by atoms with E-state index >= 15 is 0 Å². The summed E-state index contributed by atoms with van der Waals surface area (Å²) in [6, 6.07) is 1.83. The number of aromatic nitrogens is 2. The third kappa shape index (κ3) is 2.07. The van der Waals surface area contributed by atoms with Gasteiger partial charge in [0.1, 0.15) is 0 Å². The van der Waals surface area contributed by atoms with Gasteiger partial charge in [-0.15, -0.1) is 0 Å². The van der Waals surface area contributed by atoms with Crippen LogP contribution in [0.4, 0.5) is 0 Å². The van der Waals surface area contributed by atoms with Crippen LogP contribution >= 0.6 is 0 Å². The minimum absolute atomic E-state index is 0.0534. The average molecular weight is 236 g/mol. The van der Waals surface area contributed by atoms with Crippen molar-refractivity contribution in [2.45, 2.75) is 38.8 Å². The highest BCUT2D eigenvalue weighted by Crippen LogP contribution is 2.31. The van der Waals surface area contributed by atoms with Crippen LogP contribution in [0.25, 0.3) is 0 Å². The first-order chi connectivity index (χ1) is 8.04. The molecule has 0 unspecified atom stereocenters. The summed E-state index contributed by atoms with van der Waals surface area (Å²) in [5.74, 6) is 0.146. The number of hydrogen-bond acceptors (Lipinski definition) is 3. The highest BCUT2D eigenvalue weighted by atomic mass is 16.2. The molecule has 1 aromatic heterocycles. The van der Waals surface area contributed by atoms with Gasteiger partial charge in [0, 0.05) is 31.7 Å². The maximum absolute atomic E-state index is 11.9. The van der Waals surface area contributed by atoms with Crippen molar-refractivity contribution in [1.82, 2.24) is 14.7 Å². The number of likely N-dealkylation sites (tertiary alicyclic amines) is 1. The van der Waals surface area contributed by atoms with Crippen LogP contribution in [-0.2, 0) is 11.8 Å². The van der Waals surface area contributed by atoms with E-state index in [1.165, 1.54) is 0 Å². The molecule has 1 saturated heterocycles. The molecule has 2 N–H and O–H groups in total. The van der Waals surface area contributed by atoms with Crippen molar-refractivity contribution in [1.29, 1.82) is 0 Å². The summed E-state index contributed by atoms with van der Waals surface area (Å²) >= 11 is 0. The van der Waals surface area contributed by atoms with E-state index in [2.05, 4.69) is 12.0 Å². The normalized spacial score (nSPS) is 24.7. The molecule has 0 saturated carbocycles. The number of hydrogen-bond donors (Lipinski definition) is 1. The van der Waals surface area contributed by atoms with Crippen LogP contribution in [0.1, 0.15) is 37.2 Å². The molecular formula is C12H20N4O. The van der Waals surface area contributed by atoms with Crippen molar-refractivity contribution in [3.63, 3.8) is 0 Å². The maximum Gasteiger partial charge on any atom is 0.224 e. The van der Waals surface area contributed by atoms with Crippen LogP contribution in [0, 0.1) is 6.92 Å². The molecule has 1 aliphatic rings. The predicted octanol–water partition coefficient (Wildman–Crippen LogP) is 0.739. The van der Waals surface area contributed by atoms with Crippen molar-refractivity contribution in [2.75, 3.05) is 6.54 Å². The van der Waals surface area contributed by atoms with Crippen molar-refractivity contribution in [2.24, 2.45) is 12.8 Å². The quantitative estimate of drug-likeness (QED) is 0.842. The number of amides is 1. The lowest BCUT2D eigenvalue weighted by atomic mass is 10.1. The summed E-state index contributed by atoms with van der Waals surface area (Å²) < 4.78 is 1.83. The Labute approximate surface area is 102 Å². The highest BCUT2D eigenvalue weighted by molar-refractivity contribution is 5.80. The summed E-state index contributed by atoms with van der Waals surface area (Å²) in [4.78, 5) is 13.7. The van der Waals surface area contributed by atoms with E-state index in [1.807, 2.05) is 29.6 Å². The molecule has 94 valence electrons. The van der Waals surface area contributed by atoms with Crippen LogP contribution in [0.3, 0.4) is 0 Å². The zero-order valence-electron chi connectivity index (χ0n) is 10.7. The number of nitrogens with zero attached hydrogens (tertiary/aromatic N) is 3. The van der Waals surface area contributed by atoms with Gasteiger partial charge in [0.05, 0.1) is 11.7 Å². The Morgan fingerprint density at radius 2 is 2.29 bits per heavy atom. The fourth-order valence-corrected chi connectivity index (χ4v) is 2.43. The molecule has 1 aliphatic heterocycles. The Morgan fingerprint density at radius 1 is 1.59 bits per heavy atom. The third-order valence-corrected chi connectivity index (χ3v) is 3.37. The number of carbonyl (C=O) groups excluding carboxylic acids is 1. The van der Waals surface area contributed by atoms with Gasteiger partial charge in [-0.3, -0.25) is 9.48 Å². The second kappa shape index (κ2) is 4.49. The lowest BCUT2D eigenvalue weighted by Gasteiger charge is -2.24. The molecule has 0 bridgehead atoms. The highest BCUT2D eigenvalue weighted by Gasteiger charge is 2.39. The zero-order valence-corrected chi connectivity index (χ0v) is 10.7. The van der Waals surface area contributed by atoms with E-state index < -0.39 is 0 Å². The molecule has 0 spiro atoms. The van der Waals surface area contributed by atoms with Gasteiger partial charge in [-0.25, -0.2) is 0 Å². The molecule has 2 rings (SSSR count). The van der Waals surface area contributed by atoms with Crippen molar-refractivity contribution >= 4 is 5.91 Å². The summed E-state index contributed by atoms with van der Waals surface area (Å²) in [6.07, 6.45) is 1.38. The van der Waals surface area contributed by atoms with Crippen molar-refractivity contribution in [3.05, 3.63) is 17.5 Å². The van der Waals surface area contributed by atoms with E-state index in [1.54, 1.807) is 0 Å². The second-order valence-corrected chi connectivity index (χ2v) is 4.73. The minimum Gasteiger partial charge on any atom is -0.332 e. The number of rotatable bonds is 3. The van der Waals surface area contributed by atoms with E-state index in [-0.39, 0.29) is 18.0 Å². The van der Waals surface area contributed by atoms with Gasteiger partial charge in [0.2, 0.25) is 5.91 Å². The van der Waals surface area contributed by atoms with E-state index in [0.717, 1.165) is 24.4 Å². The standard InChI is InChI=1S/C12H20N4O/c1-4-5-16-11(17)7-9(13)12(16)10-6-8(2)15(3)14-10/h6,9,12H,4-5,7,13H2,1-3H3/t9-,12-/m0/s1. The SMILES string of the molecule is CCCN1C(=O)C[C@H](N)[C@H]1c1cc(C)n(C)n1. The molecular weight excluding hydrogens is 216 g/mol. The summed E-state index contributed by atoms with van der Waals surface area (Å²) in [5.41, 5.74) is 8.07. The Balaban J connectivity index is 2.31. The van der Waals surface area contributed by atoms with Crippen LogP contribution in [-0.4, -0.2) is 33.2 Å². The Bertz CT molecular complexity index is 407. The summed E-state index contributed by atoms with van der Waals surface area (Å²) in [7, 11) is 1.91. The van der Waals surface area contributed by atoms with E-state index in [9.17, 15) is 4.79 Å². The molecule has 0 radical (unpaired) electrons. The van der Waals surface area contributed by atoms with Gasteiger partial charge in [0.15, 0.2) is 0 Å². The number of nitrogens with two attached hydrogens (primary N) is 1. The predicted molar refractivity (Wildman–Crippen MR) is 65.3 cm³/mol. The van der Waals surface area contributed by atoms with Crippen molar-refractivity contribution < 1.29 is 4.79 Å². The Kier molecular flexibility index (Phi) is 3.19. The van der Waals surface area contributed by atoms with Gasteiger partial charge in [0.25, 0.3) is 0 Å². The largest absolute Gasteiger partial charge is 0.332 e. The molecule has 0 aromatic carbocycles. The smallest absolute Gasteiger partial charge is 0.224 e. The first-order valence-corrected chi connectivity index (χ1v) is 6.10. The topological polar surface area (TPSA) is 64.2 Å². The molecule has 5 nitrogen and oxygen atoms in total. The summed E-state index contributed by atoms with van der Waals surface area (Å²) in [6.45, 7) is 4.83. The van der Waals surface area contributed by atoms with E-state index in [4.69, 9.17) is 5.73 Å². The molecule has 0 aliphatic carbocycles. The molecule has 1 fully saturated rings. The van der Waals surface area contributed by atoms with Gasteiger partial charge >= 0.3 is 0 Å². The van der Waals surface area contributed by atoms with Crippen molar-refractivity contribution in [3.8, 4) is 0 Å². The van der Waals surface area contributed by atoms with E-state index in [0.29, 0.717) is 6.42 Å². The maximum atomic E-state index is 11.9. The molecule has 5 heteroatoms. The zero-order chi connectivity index (χ0) is 12.6. The fourth-order valence-electron chi connectivity index (χ4n) is 2.43. The van der Waals surface area contributed by atoms with Gasteiger partial charge in [-0.1, -0.05) is 6.92 Å². The van der Waals surface area contributed by atoms with Gasteiger partial charge in [-0.2, -0.15) is 5.10 Å². The van der Waals surface area contributed by atoms with Crippen LogP contribution < -0.4 is 5.73 Å². The molecule has 1 aromatic rings. The van der Waals surface area contributed by atoms with Gasteiger partial charge < -0.3 is 10.6 Å². The van der Waals surface area contributed by atoms with Crippen LogP contribution in [0.2, 0.25) is 0 Å². The minimum atomic E-state index is -0.136. The lowest BCUT2D eigenvalue weighted by molar-refractivity contribution is -0.129. The van der Waals surface area contributed by atoms with Crippen LogP contribution in [0.5, 0.6) is 0 Å². The lowest BCUT2D eigenvalue weighted by Crippen LogP contribution is -2.34. The Morgan fingerprint density at radius 3 is 2.82 bits per heavy atom. The molecule has 1 amide bonds. The molecule has 2 heterocycles. The monoisotopic (exact) mass is 236 g/mol. The molecule has 2 atom stereocenters. The summed E-state index contributed by atoms with van der Waals surface area (Å²) in [5, 5.41) is 4.45. The second-order valence-electron chi connectivity index (χ2n) is 4.73. The number of aryl methyl sites for hydroxylation is 2. The average Bonchev–Trinajstić information content (AvgIpc) is 2.70. The van der Waals surface area contributed by atoms with Crippen LogP contribution in [0.15, 0.2) is 6.07 Å². The fraction of sp³-hybridized carbons (Fsp3) is 0.667. The van der Waals surface area contributed by atoms with Gasteiger partial charge in [-0.05, 0) is 19.4 Å². The number of carbonyl (C=O) groups is 1. The third-order valence-electron chi connectivity index (χ3n) is 3.37. The Hall–Kier alpha value is -1.36. The first kappa shape index (κ1) is 12.1. The molecule has 17 heavy (non-hydrogen) atoms. The first-order valence-electron chi connectivity index (χ1n) is 6.10.